The molecule has 10 nitrogen and oxygen atoms in total. The molecule has 1 aromatic carbocycles. The minimum atomic E-state index is -1.25. The van der Waals surface area contributed by atoms with E-state index in [4.69, 9.17) is 21.2 Å². The molecular formula is C24H24FN9O. The van der Waals surface area contributed by atoms with E-state index < -0.39 is 11.4 Å². The zero-order valence-electron chi connectivity index (χ0n) is 19.2. The van der Waals surface area contributed by atoms with E-state index in [1.54, 1.807) is 54.5 Å². The highest BCUT2D eigenvalue weighted by atomic mass is 19.1. The second-order valence-electron chi connectivity index (χ2n) is 8.20. The van der Waals surface area contributed by atoms with Crippen LogP contribution in [0.1, 0.15) is 18.2 Å². The number of halogens is 1. The zero-order valence-corrected chi connectivity index (χ0v) is 19.2. The Labute approximate surface area is 200 Å². The highest BCUT2D eigenvalue weighted by Gasteiger charge is 2.35. The molecule has 0 radical (unpaired) electrons. The number of benzene rings is 1. The summed E-state index contributed by atoms with van der Waals surface area (Å²) in [7, 11) is 1.84. The van der Waals surface area contributed by atoms with Crippen molar-refractivity contribution in [2.45, 2.75) is 12.5 Å². The van der Waals surface area contributed by atoms with Gasteiger partial charge in [0.25, 0.3) is 0 Å². The van der Waals surface area contributed by atoms with Crippen LogP contribution in [0.3, 0.4) is 0 Å². The van der Waals surface area contributed by atoms with Gasteiger partial charge < -0.3 is 21.2 Å². The van der Waals surface area contributed by atoms with Crippen molar-refractivity contribution in [3.05, 3.63) is 72.2 Å². The number of hydrogen-bond donors (Lipinski definition) is 3. The van der Waals surface area contributed by atoms with E-state index in [2.05, 4.69) is 25.0 Å². The van der Waals surface area contributed by atoms with E-state index >= 15 is 0 Å². The van der Waals surface area contributed by atoms with Crippen molar-refractivity contribution >= 4 is 17.1 Å². The fourth-order valence-electron chi connectivity index (χ4n) is 4.03. The van der Waals surface area contributed by atoms with Gasteiger partial charge in [-0.3, -0.25) is 4.68 Å². The number of ether oxygens (including phenoxy) is 1. The summed E-state index contributed by atoms with van der Waals surface area (Å²) >= 11 is 0. The van der Waals surface area contributed by atoms with Crippen LogP contribution in [0.15, 0.2) is 55.1 Å². The molecule has 4 aromatic heterocycles. The number of nitrogens with zero attached hydrogens (tertiary/aromatic N) is 6. The molecule has 0 spiro atoms. The third kappa shape index (κ3) is 4.11. The van der Waals surface area contributed by atoms with Gasteiger partial charge in [-0.25, -0.2) is 24.3 Å². The van der Waals surface area contributed by atoms with Crippen LogP contribution in [0.2, 0.25) is 0 Å². The molecule has 0 aliphatic heterocycles. The highest BCUT2D eigenvalue weighted by Crippen LogP contribution is 2.36. The summed E-state index contributed by atoms with van der Waals surface area (Å²) in [5, 5.41) is 4.20. The molecule has 178 valence electrons. The summed E-state index contributed by atoms with van der Waals surface area (Å²) in [6.07, 6.45) is 7.01. The number of fused-ring (bicyclic) bond motifs is 1. The van der Waals surface area contributed by atoms with Crippen LogP contribution in [0.25, 0.3) is 33.7 Å². The smallest absolute Gasteiger partial charge is 0.220 e. The molecule has 0 saturated heterocycles. The van der Waals surface area contributed by atoms with Crippen LogP contribution in [-0.4, -0.2) is 47.9 Å². The number of rotatable bonds is 7. The molecule has 5 aromatic rings. The van der Waals surface area contributed by atoms with Gasteiger partial charge in [-0.15, -0.1) is 0 Å². The number of H-pyrrole nitrogens is 1. The summed E-state index contributed by atoms with van der Waals surface area (Å²) in [6.45, 7) is 2.19. The number of aryl methyl sites for hydroxylation is 1. The largest absolute Gasteiger partial charge is 0.368 e. The van der Waals surface area contributed by atoms with Gasteiger partial charge in [-0.1, -0.05) is 18.2 Å². The predicted molar refractivity (Wildman–Crippen MR) is 129 cm³/mol. The molecular weight excluding hydrogens is 449 g/mol. The Hall–Kier alpha value is -4.22. The molecule has 5 rings (SSSR count). The van der Waals surface area contributed by atoms with Gasteiger partial charge in [0.2, 0.25) is 5.95 Å². The fraction of sp³-hybridized carbons (Fsp3) is 0.208. The van der Waals surface area contributed by atoms with Crippen molar-refractivity contribution in [1.29, 1.82) is 0 Å². The van der Waals surface area contributed by atoms with E-state index in [1.165, 1.54) is 6.07 Å². The first-order valence-electron chi connectivity index (χ1n) is 11.0. The molecule has 1 atom stereocenters. The molecule has 1 unspecified atom stereocenters. The molecule has 0 fully saturated rings. The average Bonchev–Trinajstić information content (AvgIpc) is 3.48. The van der Waals surface area contributed by atoms with Gasteiger partial charge >= 0.3 is 0 Å². The van der Waals surface area contributed by atoms with E-state index in [9.17, 15) is 4.39 Å². The molecule has 0 bridgehead atoms. The monoisotopic (exact) mass is 473 g/mol. The number of nitrogen functional groups attached to an aromatic ring is 1. The van der Waals surface area contributed by atoms with Crippen LogP contribution in [0.5, 0.6) is 0 Å². The van der Waals surface area contributed by atoms with Crippen LogP contribution in [0, 0.1) is 5.82 Å². The Morgan fingerprint density at radius 1 is 1.14 bits per heavy atom. The van der Waals surface area contributed by atoms with Gasteiger partial charge in [0, 0.05) is 42.7 Å². The molecule has 0 amide bonds. The second-order valence-corrected chi connectivity index (χ2v) is 8.20. The van der Waals surface area contributed by atoms with Crippen molar-refractivity contribution < 1.29 is 9.13 Å². The van der Waals surface area contributed by atoms with Crippen LogP contribution in [0.4, 0.5) is 10.3 Å². The minimum absolute atomic E-state index is 0.0159. The summed E-state index contributed by atoms with van der Waals surface area (Å²) < 4.78 is 22.6. The average molecular weight is 474 g/mol. The van der Waals surface area contributed by atoms with Crippen molar-refractivity contribution in [3.63, 3.8) is 0 Å². The Morgan fingerprint density at radius 3 is 2.71 bits per heavy atom. The van der Waals surface area contributed by atoms with E-state index in [0.717, 1.165) is 5.56 Å². The van der Waals surface area contributed by atoms with Crippen molar-refractivity contribution in [2.24, 2.45) is 12.8 Å². The van der Waals surface area contributed by atoms with Crippen molar-refractivity contribution in [1.82, 2.24) is 34.7 Å². The molecule has 35 heavy (non-hydrogen) atoms. The maximum absolute atomic E-state index is 14.9. The first-order valence-corrected chi connectivity index (χ1v) is 11.0. The zero-order chi connectivity index (χ0) is 24.6. The van der Waals surface area contributed by atoms with Gasteiger partial charge in [-0.2, -0.15) is 5.10 Å². The maximum atomic E-state index is 14.9. The molecule has 0 saturated carbocycles. The van der Waals surface area contributed by atoms with Crippen LogP contribution >= 0.6 is 0 Å². The topological polar surface area (TPSA) is 146 Å². The summed E-state index contributed by atoms with van der Waals surface area (Å²) in [6, 6.07) is 8.11. The Kier molecular flexibility index (Phi) is 5.71. The number of aromatic amines is 1. The highest BCUT2D eigenvalue weighted by molar-refractivity contribution is 5.90. The van der Waals surface area contributed by atoms with Crippen LogP contribution < -0.4 is 11.5 Å². The Bertz CT molecular complexity index is 1510. The fourth-order valence-corrected chi connectivity index (χ4v) is 4.03. The summed E-state index contributed by atoms with van der Waals surface area (Å²) in [5.41, 5.74) is 15.1. The van der Waals surface area contributed by atoms with E-state index in [-0.39, 0.29) is 19.1 Å². The molecule has 4 heterocycles. The molecule has 0 aliphatic carbocycles. The molecule has 0 aliphatic rings. The van der Waals surface area contributed by atoms with E-state index in [1.807, 2.05) is 13.2 Å². The first kappa shape index (κ1) is 22.6. The van der Waals surface area contributed by atoms with Crippen molar-refractivity contribution in [2.75, 3.05) is 18.9 Å². The normalized spacial score (nSPS) is 13.3. The summed E-state index contributed by atoms with van der Waals surface area (Å²) in [4.78, 5) is 21.2. The lowest BCUT2D eigenvalue weighted by Gasteiger charge is -2.30. The lowest BCUT2D eigenvalue weighted by molar-refractivity contribution is -0.00494. The molecule has 11 heteroatoms. The van der Waals surface area contributed by atoms with Crippen LogP contribution in [-0.2, 0) is 17.4 Å². The Balaban J connectivity index is 1.65. The number of nitrogens with one attached hydrogen (secondary N) is 1. The minimum Gasteiger partial charge on any atom is -0.368 e. The maximum Gasteiger partial charge on any atom is 0.220 e. The quantitative estimate of drug-likeness (QED) is 0.327. The van der Waals surface area contributed by atoms with Gasteiger partial charge in [0.05, 0.1) is 36.1 Å². The predicted octanol–water partition coefficient (Wildman–Crippen LogP) is 2.78. The first-order chi connectivity index (χ1) is 16.9. The summed E-state index contributed by atoms with van der Waals surface area (Å²) in [5.74, 6) is -0.410. The Morgan fingerprint density at radius 2 is 1.97 bits per heavy atom. The standard InChI is InChI=1S/C24H24FN9O/c1-24(35-8-7-26,16-5-3-4-6-17(16)25)20-9-18(32-23(27)33-20)15-11-28-22-21(15)31-19(12-29-22)14-10-30-34(2)13-14/h3-6,9-13H,7-8,26H2,1-2H3,(H,28,29)(H2,27,32,33). The number of aromatic nitrogens is 7. The number of hydrogen-bond acceptors (Lipinski definition) is 8. The number of anilines is 1. The van der Waals surface area contributed by atoms with Gasteiger partial charge in [-0.05, 0) is 19.1 Å². The number of nitrogens with two attached hydrogens (primary N) is 2. The SMILES string of the molecule is Cn1cc(-c2cnc3[nH]cc(-c4cc(C(C)(OCCN)c5ccccc5F)nc(N)n4)c3n2)cn1. The van der Waals surface area contributed by atoms with Crippen molar-refractivity contribution in [3.8, 4) is 22.5 Å². The van der Waals surface area contributed by atoms with Gasteiger partial charge in [0.1, 0.15) is 16.9 Å². The lowest BCUT2D eigenvalue weighted by Crippen LogP contribution is -2.32. The van der Waals surface area contributed by atoms with E-state index in [0.29, 0.717) is 39.4 Å². The third-order valence-corrected chi connectivity index (χ3v) is 5.79. The van der Waals surface area contributed by atoms with Gasteiger partial charge in [0.15, 0.2) is 5.65 Å². The molecule has 5 N–H and O–H groups in total. The lowest BCUT2D eigenvalue weighted by atomic mass is 9.90. The third-order valence-electron chi connectivity index (χ3n) is 5.79. The second kappa shape index (κ2) is 8.85.